The van der Waals surface area contributed by atoms with Crippen LogP contribution in [0.2, 0.25) is 0 Å². The van der Waals surface area contributed by atoms with E-state index >= 15 is 0 Å². The smallest absolute Gasteiger partial charge is 0.229 e. The molecular weight excluding hydrogens is 324 g/mol. The molecule has 0 spiro atoms. The lowest BCUT2D eigenvalue weighted by Crippen LogP contribution is -2.34. The van der Waals surface area contributed by atoms with Crippen LogP contribution in [0.1, 0.15) is 18.9 Å². The third-order valence-electron chi connectivity index (χ3n) is 3.05. The first kappa shape index (κ1) is 14.6. The molecule has 19 heavy (non-hydrogen) atoms. The zero-order valence-corrected chi connectivity index (χ0v) is 13.3. The number of hydrogen-bond acceptors (Lipinski definition) is 3. The molecule has 2 rings (SSSR count). The quantitative estimate of drug-likeness (QED) is 0.914. The van der Waals surface area contributed by atoms with Gasteiger partial charge in [0.2, 0.25) is 5.91 Å². The Balaban J connectivity index is 1.97. The molecule has 0 aliphatic carbocycles. The molecule has 1 aromatic carbocycles. The van der Waals surface area contributed by atoms with Crippen LogP contribution in [0.5, 0.6) is 0 Å². The summed E-state index contributed by atoms with van der Waals surface area (Å²) >= 11 is 5.08. The molecule has 102 valence electrons. The third-order valence-corrected chi connectivity index (χ3v) is 4.43. The molecule has 1 aliphatic heterocycles. The van der Waals surface area contributed by atoms with E-state index in [1.807, 2.05) is 19.1 Å². The number of aliphatic imine (C=N–C) groups is 1. The minimum atomic E-state index is -0.00167. The van der Waals surface area contributed by atoms with Gasteiger partial charge in [0.1, 0.15) is 0 Å². The highest BCUT2D eigenvalue weighted by Gasteiger charge is 2.19. The van der Waals surface area contributed by atoms with Crippen molar-refractivity contribution in [1.29, 1.82) is 0 Å². The highest BCUT2D eigenvalue weighted by atomic mass is 79.9. The summed E-state index contributed by atoms with van der Waals surface area (Å²) < 4.78 is 1.05. The average Bonchev–Trinajstić information content (AvgIpc) is 2.88. The van der Waals surface area contributed by atoms with Crippen molar-refractivity contribution in [3.05, 3.63) is 34.3 Å². The fraction of sp³-hybridized carbons (Fsp3) is 0.429. The highest BCUT2D eigenvalue weighted by molar-refractivity contribution is 9.10. The van der Waals surface area contributed by atoms with E-state index in [2.05, 4.69) is 38.4 Å². The standard InChI is InChI=1S/C14H17BrN2OS/c1-2-11(8-10-4-3-5-12(15)9-10)13(18)17-14-16-6-7-19-14/h3-5,9,11H,2,6-8H2,1H3,(H,16,17,18)/t11-/m1/s1. The lowest BCUT2D eigenvalue weighted by molar-refractivity contribution is -0.123. The molecule has 0 bridgehead atoms. The van der Waals surface area contributed by atoms with E-state index in [9.17, 15) is 4.79 Å². The van der Waals surface area contributed by atoms with E-state index in [0.717, 1.165) is 34.8 Å². The van der Waals surface area contributed by atoms with Crippen LogP contribution in [0, 0.1) is 5.92 Å². The minimum Gasteiger partial charge on any atom is -0.305 e. The number of halogens is 1. The van der Waals surface area contributed by atoms with Crippen molar-refractivity contribution in [3.63, 3.8) is 0 Å². The summed E-state index contributed by atoms with van der Waals surface area (Å²) in [6.07, 6.45) is 1.59. The van der Waals surface area contributed by atoms with Gasteiger partial charge < -0.3 is 5.32 Å². The van der Waals surface area contributed by atoms with Crippen LogP contribution in [-0.2, 0) is 11.2 Å². The molecule has 3 nitrogen and oxygen atoms in total. The van der Waals surface area contributed by atoms with Gasteiger partial charge >= 0.3 is 0 Å². The Morgan fingerprint density at radius 2 is 2.42 bits per heavy atom. The van der Waals surface area contributed by atoms with Gasteiger partial charge in [-0.2, -0.15) is 0 Å². The first-order chi connectivity index (χ1) is 9.19. The van der Waals surface area contributed by atoms with Crippen LogP contribution < -0.4 is 5.32 Å². The summed E-state index contributed by atoms with van der Waals surface area (Å²) in [5.74, 6) is 1.05. The van der Waals surface area contributed by atoms with Crippen molar-refractivity contribution in [3.8, 4) is 0 Å². The maximum Gasteiger partial charge on any atom is 0.229 e. The van der Waals surface area contributed by atoms with Gasteiger partial charge in [0.25, 0.3) is 0 Å². The molecular formula is C14H17BrN2OS. The van der Waals surface area contributed by atoms with E-state index in [4.69, 9.17) is 0 Å². The van der Waals surface area contributed by atoms with Crippen LogP contribution in [-0.4, -0.2) is 23.4 Å². The van der Waals surface area contributed by atoms with Crippen molar-refractivity contribution >= 4 is 38.8 Å². The van der Waals surface area contributed by atoms with Gasteiger partial charge in [-0.3, -0.25) is 9.79 Å². The Morgan fingerprint density at radius 1 is 1.58 bits per heavy atom. The van der Waals surface area contributed by atoms with Gasteiger partial charge in [-0.25, -0.2) is 0 Å². The fourth-order valence-corrected chi connectivity index (χ4v) is 3.17. The number of benzene rings is 1. The summed E-state index contributed by atoms with van der Waals surface area (Å²) in [4.78, 5) is 16.5. The number of amides is 1. The molecule has 0 unspecified atom stereocenters. The molecule has 0 aromatic heterocycles. The number of nitrogens with zero attached hydrogens (tertiary/aromatic N) is 1. The van der Waals surface area contributed by atoms with Crippen molar-refractivity contribution in [2.24, 2.45) is 10.9 Å². The Bertz CT molecular complexity index is 490. The average molecular weight is 341 g/mol. The maximum atomic E-state index is 12.2. The lowest BCUT2D eigenvalue weighted by Gasteiger charge is -2.15. The highest BCUT2D eigenvalue weighted by Crippen LogP contribution is 2.18. The normalized spacial score (nSPS) is 16.0. The molecule has 0 fully saturated rings. The molecule has 1 N–H and O–H groups in total. The molecule has 5 heteroatoms. The summed E-state index contributed by atoms with van der Waals surface area (Å²) in [6, 6.07) is 8.12. The third kappa shape index (κ3) is 4.35. The van der Waals surface area contributed by atoms with E-state index in [0.29, 0.717) is 0 Å². The first-order valence-electron chi connectivity index (χ1n) is 6.41. The molecule has 1 amide bonds. The Kier molecular flexibility index (Phi) is 5.45. The Labute approximate surface area is 126 Å². The topological polar surface area (TPSA) is 41.5 Å². The van der Waals surface area contributed by atoms with Crippen molar-refractivity contribution in [1.82, 2.24) is 5.32 Å². The van der Waals surface area contributed by atoms with Gasteiger partial charge in [0.05, 0.1) is 6.54 Å². The molecule has 0 saturated carbocycles. The second kappa shape index (κ2) is 7.10. The lowest BCUT2D eigenvalue weighted by atomic mass is 9.96. The van der Waals surface area contributed by atoms with Crippen molar-refractivity contribution in [2.75, 3.05) is 12.3 Å². The molecule has 1 aromatic rings. The zero-order valence-electron chi connectivity index (χ0n) is 10.9. The zero-order chi connectivity index (χ0) is 13.7. The van der Waals surface area contributed by atoms with E-state index < -0.39 is 0 Å². The molecule has 0 saturated heterocycles. The summed E-state index contributed by atoms with van der Waals surface area (Å²) in [7, 11) is 0. The van der Waals surface area contributed by atoms with Crippen molar-refractivity contribution < 1.29 is 4.79 Å². The van der Waals surface area contributed by atoms with E-state index in [1.54, 1.807) is 11.8 Å². The van der Waals surface area contributed by atoms with Crippen LogP contribution >= 0.6 is 27.7 Å². The molecule has 1 heterocycles. The monoisotopic (exact) mass is 340 g/mol. The Hall–Kier alpha value is -0.810. The largest absolute Gasteiger partial charge is 0.305 e. The SMILES string of the molecule is CC[C@H](Cc1cccc(Br)c1)C(=O)NC1=NCCS1. The van der Waals surface area contributed by atoms with Crippen LogP contribution in [0.4, 0.5) is 0 Å². The van der Waals surface area contributed by atoms with E-state index in [-0.39, 0.29) is 11.8 Å². The van der Waals surface area contributed by atoms with Crippen LogP contribution in [0.3, 0.4) is 0 Å². The van der Waals surface area contributed by atoms with Gasteiger partial charge in [-0.1, -0.05) is 46.7 Å². The van der Waals surface area contributed by atoms with Crippen LogP contribution in [0.15, 0.2) is 33.7 Å². The summed E-state index contributed by atoms with van der Waals surface area (Å²) in [5, 5.41) is 3.70. The molecule has 0 radical (unpaired) electrons. The first-order valence-corrected chi connectivity index (χ1v) is 8.19. The second-order valence-electron chi connectivity index (χ2n) is 4.46. The number of nitrogens with one attached hydrogen (secondary N) is 1. The van der Waals surface area contributed by atoms with Crippen molar-refractivity contribution in [2.45, 2.75) is 19.8 Å². The number of carbonyl (C=O) groups is 1. The summed E-state index contributed by atoms with van der Waals surface area (Å²) in [5.41, 5.74) is 1.18. The molecule has 1 aliphatic rings. The maximum absolute atomic E-state index is 12.2. The van der Waals surface area contributed by atoms with Crippen LogP contribution in [0.25, 0.3) is 0 Å². The minimum absolute atomic E-state index is 0.00167. The molecule has 1 atom stereocenters. The Morgan fingerprint density at radius 3 is 3.05 bits per heavy atom. The number of thioether (sulfide) groups is 1. The van der Waals surface area contributed by atoms with E-state index in [1.165, 1.54) is 5.56 Å². The predicted molar refractivity (Wildman–Crippen MR) is 84.5 cm³/mol. The van der Waals surface area contributed by atoms with Gasteiger partial charge in [0, 0.05) is 16.1 Å². The van der Waals surface area contributed by atoms with Gasteiger partial charge in [-0.15, -0.1) is 0 Å². The van der Waals surface area contributed by atoms with Gasteiger partial charge in [0.15, 0.2) is 5.17 Å². The number of rotatable bonds is 4. The van der Waals surface area contributed by atoms with Gasteiger partial charge in [-0.05, 0) is 30.5 Å². The number of hydrogen-bond donors (Lipinski definition) is 1. The predicted octanol–water partition coefficient (Wildman–Crippen LogP) is 3.24. The number of carbonyl (C=O) groups excluding carboxylic acids is 1. The fourth-order valence-electron chi connectivity index (χ4n) is 1.99. The number of amidine groups is 1. The second-order valence-corrected chi connectivity index (χ2v) is 6.46. The summed E-state index contributed by atoms with van der Waals surface area (Å²) in [6.45, 7) is 2.86.